The SMILES string of the molecule is Cc1cc(CSC2=C(C(=O)[O-])N3C(=O)[C@H]([C@@H](C)O)[C@@H]3[C@H]2C)cc(C)[n+]1C. The van der Waals surface area contributed by atoms with Crippen LogP contribution in [0, 0.1) is 25.7 Å². The van der Waals surface area contributed by atoms with E-state index < -0.39 is 18.0 Å². The van der Waals surface area contributed by atoms with Crippen molar-refractivity contribution in [2.75, 3.05) is 0 Å². The van der Waals surface area contributed by atoms with Gasteiger partial charge in [0, 0.05) is 42.6 Å². The van der Waals surface area contributed by atoms with Crippen LogP contribution in [0.15, 0.2) is 22.7 Å². The van der Waals surface area contributed by atoms with Crippen molar-refractivity contribution in [1.82, 2.24) is 4.90 Å². The third-order valence-electron chi connectivity index (χ3n) is 5.54. The van der Waals surface area contributed by atoms with Crippen molar-refractivity contribution in [3.63, 3.8) is 0 Å². The van der Waals surface area contributed by atoms with Crippen LogP contribution in [0.25, 0.3) is 0 Å². The molecule has 4 atom stereocenters. The zero-order chi connectivity index (χ0) is 19.3. The molecule has 0 spiro atoms. The van der Waals surface area contributed by atoms with Crippen LogP contribution in [-0.4, -0.2) is 34.0 Å². The summed E-state index contributed by atoms with van der Waals surface area (Å²) >= 11 is 1.44. The molecule has 1 saturated heterocycles. The maximum atomic E-state index is 12.3. The van der Waals surface area contributed by atoms with Gasteiger partial charge in [-0.25, -0.2) is 4.57 Å². The van der Waals surface area contributed by atoms with Crippen molar-refractivity contribution < 1.29 is 24.4 Å². The Balaban J connectivity index is 1.87. The summed E-state index contributed by atoms with van der Waals surface area (Å²) < 4.78 is 2.09. The molecular weight excluding hydrogens is 352 g/mol. The third-order valence-corrected chi connectivity index (χ3v) is 6.90. The number of aromatic nitrogens is 1. The molecule has 3 rings (SSSR count). The second-order valence-electron chi connectivity index (χ2n) is 7.25. The number of aliphatic carboxylic acids is 1. The van der Waals surface area contributed by atoms with Crippen molar-refractivity contribution in [2.24, 2.45) is 18.9 Å². The lowest BCUT2D eigenvalue weighted by Crippen LogP contribution is -2.64. The summed E-state index contributed by atoms with van der Waals surface area (Å²) in [5.41, 5.74) is 3.34. The van der Waals surface area contributed by atoms with Gasteiger partial charge in [-0.05, 0) is 12.5 Å². The van der Waals surface area contributed by atoms with E-state index in [-0.39, 0.29) is 23.6 Å². The van der Waals surface area contributed by atoms with E-state index in [2.05, 4.69) is 16.7 Å². The minimum atomic E-state index is -1.33. The van der Waals surface area contributed by atoms with E-state index in [1.54, 1.807) is 6.92 Å². The molecule has 0 bridgehead atoms. The molecule has 1 amide bonds. The van der Waals surface area contributed by atoms with Crippen LogP contribution in [0.4, 0.5) is 0 Å². The summed E-state index contributed by atoms with van der Waals surface area (Å²) in [7, 11) is 2.00. The first kappa shape index (κ1) is 18.9. The van der Waals surface area contributed by atoms with Crippen molar-refractivity contribution >= 4 is 23.6 Å². The number of pyridine rings is 1. The third kappa shape index (κ3) is 2.83. The highest BCUT2D eigenvalue weighted by Crippen LogP contribution is 2.50. The molecule has 2 aliphatic heterocycles. The number of carboxylic acid groups (broad SMARTS) is 1. The number of carboxylic acids is 1. The number of fused-ring (bicyclic) bond motifs is 1. The number of carbonyl (C=O) groups excluding carboxylic acids is 2. The van der Waals surface area contributed by atoms with E-state index >= 15 is 0 Å². The molecule has 1 N–H and O–H groups in total. The fourth-order valence-electron chi connectivity index (χ4n) is 4.00. The van der Waals surface area contributed by atoms with Crippen molar-refractivity contribution in [1.29, 1.82) is 0 Å². The molecular formula is C19H24N2O4S. The second kappa shape index (κ2) is 6.70. The van der Waals surface area contributed by atoms with E-state index in [0.29, 0.717) is 10.7 Å². The Morgan fingerprint density at radius 1 is 1.38 bits per heavy atom. The van der Waals surface area contributed by atoms with Crippen LogP contribution in [0.1, 0.15) is 30.8 Å². The number of hydrogen-bond acceptors (Lipinski definition) is 5. The monoisotopic (exact) mass is 376 g/mol. The van der Waals surface area contributed by atoms with E-state index in [9.17, 15) is 19.8 Å². The lowest BCUT2D eigenvalue weighted by molar-refractivity contribution is -0.683. The molecule has 2 aliphatic rings. The highest BCUT2D eigenvalue weighted by Gasteiger charge is 2.58. The molecule has 0 unspecified atom stereocenters. The molecule has 140 valence electrons. The first-order valence-electron chi connectivity index (χ1n) is 8.70. The Labute approximate surface area is 157 Å². The van der Waals surface area contributed by atoms with Crippen LogP contribution in [0.3, 0.4) is 0 Å². The number of amides is 1. The first-order valence-corrected chi connectivity index (χ1v) is 9.69. The van der Waals surface area contributed by atoms with Crippen LogP contribution in [-0.2, 0) is 22.4 Å². The fraction of sp³-hybridized carbons (Fsp3) is 0.526. The Bertz CT molecular complexity index is 795. The smallest absolute Gasteiger partial charge is 0.235 e. The van der Waals surface area contributed by atoms with Gasteiger partial charge in [0.15, 0.2) is 11.4 Å². The number of carbonyl (C=O) groups is 2. The number of aliphatic hydroxyl groups is 1. The van der Waals surface area contributed by atoms with Gasteiger partial charge in [0.1, 0.15) is 7.05 Å². The molecule has 1 fully saturated rings. The molecule has 1 aromatic heterocycles. The zero-order valence-electron chi connectivity index (χ0n) is 15.6. The number of thioether (sulfide) groups is 1. The van der Waals surface area contributed by atoms with Gasteiger partial charge < -0.3 is 19.9 Å². The van der Waals surface area contributed by atoms with Gasteiger partial charge in [-0.2, -0.15) is 0 Å². The fourth-order valence-corrected chi connectivity index (χ4v) is 5.21. The van der Waals surface area contributed by atoms with Gasteiger partial charge in [-0.15, -0.1) is 11.8 Å². The van der Waals surface area contributed by atoms with Crippen LogP contribution in [0.5, 0.6) is 0 Å². The van der Waals surface area contributed by atoms with Crippen molar-refractivity contribution in [2.45, 2.75) is 45.6 Å². The lowest BCUT2D eigenvalue weighted by atomic mass is 9.79. The summed E-state index contributed by atoms with van der Waals surface area (Å²) in [6.45, 7) is 7.55. The Morgan fingerprint density at radius 3 is 2.46 bits per heavy atom. The van der Waals surface area contributed by atoms with Crippen LogP contribution >= 0.6 is 11.8 Å². The average Bonchev–Trinajstić information content (AvgIpc) is 2.79. The van der Waals surface area contributed by atoms with Crippen LogP contribution < -0.4 is 9.67 Å². The molecule has 0 aliphatic carbocycles. The normalized spacial score (nSPS) is 26.0. The quantitative estimate of drug-likeness (QED) is 0.585. The minimum absolute atomic E-state index is 0.0238. The van der Waals surface area contributed by atoms with Crippen molar-refractivity contribution in [3.8, 4) is 0 Å². The van der Waals surface area contributed by atoms with Gasteiger partial charge in [0.2, 0.25) is 5.91 Å². The molecule has 6 nitrogen and oxygen atoms in total. The average molecular weight is 376 g/mol. The number of aliphatic hydroxyl groups excluding tert-OH is 1. The van der Waals surface area contributed by atoms with E-state index in [4.69, 9.17) is 0 Å². The lowest BCUT2D eigenvalue weighted by Gasteiger charge is -2.47. The summed E-state index contributed by atoms with van der Waals surface area (Å²) in [4.78, 5) is 26.0. The highest BCUT2D eigenvalue weighted by molar-refractivity contribution is 8.02. The number of rotatable bonds is 5. The van der Waals surface area contributed by atoms with Gasteiger partial charge in [0.25, 0.3) is 0 Å². The minimum Gasteiger partial charge on any atom is -0.543 e. The highest BCUT2D eigenvalue weighted by atomic mass is 32.2. The molecule has 7 heteroatoms. The molecule has 0 radical (unpaired) electrons. The Kier molecular flexibility index (Phi) is 4.88. The van der Waals surface area contributed by atoms with Gasteiger partial charge >= 0.3 is 0 Å². The van der Waals surface area contributed by atoms with Gasteiger partial charge in [0.05, 0.1) is 29.7 Å². The maximum absolute atomic E-state index is 12.3. The first-order chi connectivity index (χ1) is 12.1. The van der Waals surface area contributed by atoms with Gasteiger partial charge in [-0.1, -0.05) is 6.92 Å². The van der Waals surface area contributed by atoms with Crippen molar-refractivity contribution in [3.05, 3.63) is 39.7 Å². The number of hydrogen-bond donors (Lipinski definition) is 1. The summed E-state index contributed by atoms with van der Waals surface area (Å²) in [5, 5.41) is 21.6. The van der Waals surface area contributed by atoms with E-state index in [0.717, 1.165) is 17.0 Å². The Hall–Kier alpha value is -1.86. The molecule has 0 aromatic carbocycles. The van der Waals surface area contributed by atoms with E-state index in [1.807, 2.05) is 27.8 Å². The largest absolute Gasteiger partial charge is 0.543 e. The topological polar surface area (TPSA) is 84.5 Å². The summed E-state index contributed by atoms with van der Waals surface area (Å²) in [6, 6.07) is 3.87. The second-order valence-corrected chi connectivity index (χ2v) is 8.27. The van der Waals surface area contributed by atoms with E-state index in [1.165, 1.54) is 16.7 Å². The zero-order valence-corrected chi connectivity index (χ0v) is 16.5. The Morgan fingerprint density at radius 2 is 1.96 bits per heavy atom. The summed E-state index contributed by atoms with van der Waals surface area (Å²) in [5.74, 6) is -1.71. The standard InChI is InChI=1S/C19H24N2O4S/c1-9-6-13(7-10(2)20(9)5)8-26-17-11(3)15-14(12(4)22)18(23)21(15)16(17)19(24)25/h6-7,11-12,14-15,22H,8H2,1-5H3/t11-,12-,14-,15+/m1/s1. The molecule has 26 heavy (non-hydrogen) atoms. The molecule has 0 saturated carbocycles. The number of aryl methyl sites for hydroxylation is 2. The molecule has 3 heterocycles. The predicted octanol–water partition coefficient (Wildman–Crippen LogP) is 0.180. The maximum Gasteiger partial charge on any atom is 0.235 e. The summed E-state index contributed by atoms with van der Waals surface area (Å²) in [6.07, 6.45) is -0.794. The number of β-lactam (4-membered cyclic amide) rings is 1. The van der Waals surface area contributed by atoms with Crippen LogP contribution in [0.2, 0.25) is 0 Å². The number of nitrogens with zero attached hydrogens (tertiary/aromatic N) is 2. The van der Waals surface area contributed by atoms with Gasteiger partial charge in [-0.3, -0.25) is 4.79 Å². The predicted molar refractivity (Wildman–Crippen MR) is 95.4 cm³/mol. The molecule has 1 aromatic rings.